The molecule has 0 aromatic heterocycles. The number of rotatable bonds is 22. The maximum atomic E-state index is 9.33. The minimum atomic E-state index is -4.16. The molecule has 0 bridgehead atoms. The van der Waals surface area contributed by atoms with E-state index in [-0.39, 0.29) is 0 Å². The number of aliphatic hydroxyl groups excluding tert-OH is 1. The summed E-state index contributed by atoms with van der Waals surface area (Å²) in [4.78, 5) is 0. The maximum absolute atomic E-state index is 9.33. The van der Waals surface area contributed by atoms with Crippen LogP contribution in [0.15, 0.2) is 0 Å². The number of nitrogens with one attached hydrogen (secondary N) is 1. The van der Waals surface area contributed by atoms with Gasteiger partial charge in [-0.15, -0.1) is 0 Å². The van der Waals surface area contributed by atoms with E-state index in [9.17, 15) is 8.42 Å². The predicted molar refractivity (Wildman–Crippen MR) is 132 cm³/mol. The van der Waals surface area contributed by atoms with Crippen LogP contribution >= 0.6 is 0 Å². The lowest BCUT2D eigenvalue weighted by molar-refractivity contribution is 0.282. The molecule has 1 unspecified atom stereocenters. The number of hydrogen-bond acceptors (Lipinski definition) is 5. The van der Waals surface area contributed by atoms with Gasteiger partial charge in [0.1, 0.15) is 0 Å². The van der Waals surface area contributed by atoms with Crippen LogP contribution in [0.1, 0.15) is 129 Å². The molecular formula is C24H53NO5S. The standard InChI is InChI=1S/C23H49NO.CH4O4S/c1-3-4-5-6-7-8-9-10-11-12-13-14-15-16-17-20-23(2)24-21-18-19-22-25;1-5-6(2,3)4/h23-25H,3-22H2,1-2H3;1H3,(H,2,3,4). The van der Waals surface area contributed by atoms with Gasteiger partial charge in [-0.2, -0.15) is 8.42 Å². The number of hydrogen-bond donors (Lipinski definition) is 3. The molecule has 7 heteroatoms. The van der Waals surface area contributed by atoms with E-state index in [1.165, 1.54) is 103 Å². The highest BCUT2D eigenvalue weighted by atomic mass is 32.3. The summed E-state index contributed by atoms with van der Waals surface area (Å²) in [7, 11) is -3.29. The van der Waals surface area contributed by atoms with Crippen LogP contribution in [0.25, 0.3) is 0 Å². The topological polar surface area (TPSA) is 95.9 Å². The van der Waals surface area contributed by atoms with Gasteiger partial charge in [0.25, 0.3) is 0 Å². The summed E-state index contributed by atoms with van der Waals surface area (Å²) in [6.45, 7) is 5.97. The van der Waals surface area contributed by atoms with Gasteiger partial charge in [-0.05, 0) is 32.7 Å². The minimum absolute atomic E-state index is 0.328. The summed E-state index contributed by atoms with van der Waals surface area (Å²) in [5.41, 5.74) is 0. The van der Waals surface area contributed by atoms with Crippen molar-refractivity contribution in [3.05, 3.63) is 0 Å². The minimum Gasteiger partial charge on any atom is -0.396 e. The fraction of sp³-hybridized carbons (Fsp3) is 1.00. The molecular weight excluding hydrogens is 414 g/mol. The van der Waals surface area contributed by atoms with Crippen molar-refractivity contribution in [3.8, 4) is 0 Å². The summed E-state index contributed by atoms with van der Waals surface area (Å²) in [6, 6.07) is 0.640. The van der Waals surface area contributed by atoms with Crippen molar-refractivity contribution in [2.45, 2.75) is 135 Å². The number of unbranched alkanes of at least 4 members (excludes halogenated alkanes) is 15. The third-order valence-corrected chi connectivity index (χ3v) is 5.95. The van der Waals surface area contributed by atoms with E-state index >= 15 is 0 Å². The van der Waals surface area contributed by atoms with Crippen LogP contribution in [0, 0.1) is 0 Å². The average Bonchev–Trinajstić information content (AvgIpc) is 2.74. The van der Waals surface area contributed by atoms with Crippen LogP contribution in [0.4, 0.5) is 0 Å². The Balaban J connectivity index is 0. The summed E-state index contributed by atoms with van der Waals surface area (Å²) < 4.78 is 29.7. The summed E-state index contributed by atoms with van der Waals surface area (Å²) >= 11 is 0. The van der Waals surface area contributed by atoms with E-state index < -0.39 is 10.4 Å². The second-order valence-corrected chi connectivity index (χ2v) is 9.81. The molecule has 31 heavy (non-hydrogen) atoms. The highest BCUT2D eigenvalue weighted by Crippen LogP contribution is 2.14. The van der Waals surface area contributed by atoms with Gasteiger partial charge in [0.15, 0.2) is 0 Å². The van der Waals surface area contributed by atoms with Crippen molar-refractivity contribution in [1.29, 1.82) is 0 Å². The van der Waals surface area contributed by atoms with Gasteiger partial charge in [0.05, 0.1) is 7.11 Å². The second kappa shape index (κ2) is 26.0. The molecule has 0 fully saturated rings. The fourth-order valence-corrected chi connectivity index (χ4v) is 3.51. The Morgan fingerprint density at radius 3 is 1.48 bits per heavy atom. The molecule has 0 heterocycles. The molecule has 0 aromatic carbocycles. The lowest BCUT2D eigenvalue weighted by Crippen LogP contribution is -2.26. The molecule has 3 N–H and O–H groups in total. The molecule has 0 saturated carbocycles. The van der Waals surface area contributed by atoms with E-state index in [1.54, 1.807) is 0 Å². The summed E-state index contributed by atoms with van der Waals surface area (Å²) in [5, 5.41) is 12.3. The van der Waals surface area contributed by atoms with Crippen molar-refractivity contribution in [2.75, 3.05) is 20.3 Å². The smallest absolute Gasteiger partial charge is 0.396 e. The molecule has 0 spiro atoms. The predicted octanol–water partition coefficient (Wildman–Crippen LogP) is 6.43. The Bertz CT molecular complexity index is 432. The summed E-state index contributed by atoms with van der Waals surface area (Å²) in [6.07, 6.45) is 24.9. The van der Waals surface area contributed by atoms with Gasteiger partial charge < -0.3 is 10.4 Å². The lowest BCUT2D eigenvalue weighted by Gasteiger charge is -2.13. The van der Waals surface area contributed by atoms with Gasteiger partial charge in [-0.1, -0.05) is 103 Å². The average molecular weight is 468 g/mol. The van der Waals surface area contributed by atoms with Crippen molar-refractivity contribution in [3.63, 3.8) is 0 Å². The van der Waals surface area contributed by atoms with Crippen LogP contribution in [-0.4, -0.2) is 44.4 Å². The largest absolute Gasteiger partial charge is 0.397 e. The van der Waals surface area contributed by atoms with Gasteiger partial charge >= 0.3 is 10.4 Å². The van der Waals surface area contributed by atoms with Gasteiger partial charge in [-0.25, -0.2) is 0 Å². The van der Waals surface area contributed by atoms with E-state index in [2.05, 4.69) is 23.3 Å². The third kappa shape index (κ3) is 34.6. The molecule has 0 aliphatic carbocycles. The normalized spacial score (nSPS) is 12.4. The van der Waals surface area contributed by atoms with Crippen LogP contribution < -0.4 is 5.32 Å². The van der Waals surface area contributed by atoms with Crippen molar-refractivity contribution >= 4 is 10.4 Å². The Morgan fingerprint density at radius 1 is 0.742 bits per heavy atom. The van der Waals surface area contributed by atoms with E-state index in [0.29, 0.717) is 12.6 Å². The monoisotopic (exact) mass is 467 g/mol. The van der Waals surface area contributed by atoms with Gasteiger partial charge in [0, 0.05) is 12.6 Å². The molecule has 0 aromatic rings. The van der Waals surface area contributed by atoms with E-state index in [0.717, 1.165) is 26.5 Å². The Hall–Kier alpha value is -0.210. The van der Waals surface area contributed by atoms with Crippen molar-refractivity contribution < 1.29 is 22.3 Å². The highest BCUT2D eigenvalue weighted by Gasteiger charge is 2.00. The van der Waals surface area contributed by atoms with E-state index in [1.807, 2.05) is 0 Å². The first-order chi connectivity index (χ1) is 14.9. The molecule has 6 nitrogen and oxygen atoms in total. The summed E-state index contributed by atoms with van der Waals surface area (Å²) in [5.74, 6) is 0. The Morgan fingerprint density at radius 2 is 1.13 bits per heavy atom. The molecule has 0 radical (unpaired) electrons. The first kappa shape index (κ1) is 33.0. The quantitative estimate of drug-likeness (QED) is 0.125. The zero-order valence-corrected chi connectivity index (χ0v) is 21.6. The Kier molecular flexibility index (Phi) is 27.7. The first-order valence-corrected chi connectivity index (χ1v) is 14.1. The van der Waals surface area contributed by atoms with E-state index in [4.69, 9.17) is 9.66 Å². The Labute approximate surface area is 193 Å². The molecule has 0 aliphatic rings. The van der Waals surface area contributed by atoms with Crippen molar-refractivity contribution in [1.82, 2.24) is 5.32 Å². The molecule has 0 saturated heterocycles. The zero-order valence-electron chi connectivity index (χ0n) is 20.7. The van der Waals surface area contributed by atoms with Gasteiger partial charge in [0.2, 0.25) is 0 Å². The molecule has 190 valence electrons. The zero-order chi connectivity index (χ0) is 23.6. The molecule has 0 amide bonds. The maximum Gasteiger partial charge on any atom is 0.397 e. The molecule has 1 atom stereocenters. The highest BCUT2D eigenvalue weighted by molar-refractivity contribution is 7.80. The molecule has 0 aliphatic heterocycles. The second-order valence-electron chi connectivity index (χ2n) is 8.62. The SMILES string of the molecule is CCCCCCCCCCCCCCCCCC(C)NCCCCO.COS(=O)(=O)O. The van der Waals surface area contributed by atoms with Gasteiger partial charge in [-0.3, -0.25) is 8.74 Å². The van der Waals surface area contributed by atoms with Crippen molar-refractivity contribution in [2.24, 2.45) is 0 Å². The van der Waals surface area contributed by atoms with Crippen LogP contribution in [-0.2, 0) is 14.6 Å². The third-order valence-electron chi connectivity index (χ3n) is 5.53. The lowest BCUT2D eigenvalue weighted by atomic mass is 10.0. The van der Waals surface area contributed by atoms with Crippen LogP contribution in [0.5, 0.6) is 0 Å². The number of aliphatic hydroxyl groups is 1. The van der Waals surface area contributed by atoms with Crippen LogP contribution in [0.3, 0.4) is 0 Å². The fourth-order valence-electron chi connectivity index (χ4n) is 3.51. The molecule has 0 rings (SSSR count). The first-order valence-electron chi connectivity index (χ1n) is 12.7. The van der Waals surface area contributed by atoms with Crippen LogP contribution in [0.2, 0.25) is 0 Å².